The minimum Gasteiger partial charge on any atom is -0.453 e. The summed E-state index contributed by atoms with van der Waals surface area (Å²) in [4.78, 5) is 40.2. The Morgan fingerprint density at radius 2 is 2.11 bits per heavy atom. The lowest BCUT2D eigenvalue weighted by Crippen LogP contribution is -2.49. The second kappa shape index (κ2) is 6.77. The molecule has 3 aliphatic rings. The van der Waals surface area contributed by atoms with E-state index in [1.165, 1.54) is 28.6 Å². The highest BCUT2D eigenvalue weighted by Gasteiger charge is 2.58. The maximum atomic E-state index is 12.9. The first-order valence-electron chi connectivity index (χ1n) is 8.98. The first kappa shape index (κ1) is 19.3. The molecule has 1 aromatic rings. The molecular formula is C18H20N2O6S2. The minimum absolute atomic E-state index is 0.0597. The van der Waals surface area contributed by atoms with E-state index in [-0.39, 0.29) is 23.8 Å². The fourth-order valence-corrected chi connectivity index (χ4v) is 7.08. The van der Waals surface area contributed by atoms with E-state index in [9.17, 15) is 22.8 Å². The summed E-state index contributed by atoms with van der Waals surface area (Å²) in [6.45, 7) is -0.480. The van der Waals surface area contributed by atoms with E-state index in [4.69, 9.17) is 4.74 Å². The molecule has 0 aliphatic carbocycles. The molecule has 2 atom stereocenters. The average molecular weight is 425 g/mol. The minimum atomic E-state index is -3.12. The predicted octanol–water partition coefficient (Wildman–Crippen LogP) is 0.804. The molecule has 2 amide bonds. The van der Waals surface area contributed by atoms with Crippen LogP contribution in [0.1, 0.15) is 19.3 Å². The standard InChI is InChI=1S/C18H20N2O6S2/c1-19(12-7-9-28(24,25)11-12)16(22)10-26-17(23)18-8-6-15(21)20(18)13-4-2-3-5-14(13)27-18/h2-5,12H,6-11H2,1H3/t12-,18-/m0/s1. The number of carbonyl (C=O) groups excluding carboxylic acids is 3. The van der Waals surface area contributed by atoms with Gasteiger partial charge in [-0.3, -0.25) is 14.5 Å². The number of likely N-dealkylation sites (N-methyl/N-ethyl adjacent to an activating group) is 1. The molecule has 1 aromatic carbocycles. The van der Waals surface area contributed by atoms with Crippen LogP contribution < -0.4 is 4.90 Å². The van der Waals surface area contributed by atoms with Crippen LogP contribution in [0.25, 0.3) is 0 Å². The summed E-state index contributed by atoms with van der Waals surface area (Å²) in [5.41, 5.74) is 0.687. The van der Waals surface area contributed by atoms with Crippen LogP contribution in [-0.2, 0) is 29.0 Å². The summed E-state index contributed by atoms with van der Waals surface area (Å²) >= 11 is 1.28. The highest BCUT2D eigenvalue weighted by atomic mass is 32.2. The number of sulfone groups is 1. The Morgan fingerprint density at radius 1 is 1.36 bits per heavy atom. The molecular weight excluding hydrogens is 404 g/mol. The average Bonchev–Trinajstić information content (AvgIpc) is 3.30. The number of fused-ring (bicyclic) bond motifs is 3. The highest BCUT2D eigenvalue weighted by molar-refractivity contribution is 8.02. The Balaban J connectivity index is 1.44. The lowest BCUT2D eigenvalue weighted by molar-refractivity contribution is -0.154. The van der Waals surface area contributed by atoms with Gasteiger partial charge in [0, 0.05) is 30.8 Å². The van der Waals surface area contributed by atoms with E-state index in [2.05, 4.69) is 0 Å². The second-order valence-electron chi connectivity index (χ2n) is 7.22. The summed E-state index contributed by atoms with van der Waals surface area (Å²) < 4.78 is 28.5. The Labute approximate surface area is 167 Å². The van der Waals surface area contributed by atoms with E-state index in [1.54, 1.807) is 12.1 Å². The first-order valence-corrected chi connectivity index (χ1v) is 11.6. The number of hydrogen-bond acceptors (Lipinski definition) is 7. The molecule has 2 fully saturated rings. The molecule has 3 aliphatic heterocycles. The first-order chi connectivity index (χ1) is 13.2. The maximum absolute atomic E-state index is 12.9. The fraction of sp³-hybridized carbons (Fsp3) is 0.500. The van der Waals surface area contributed by atoms with Gasteiger partial charge in [-0.1, -0.05) is 23.9 Å². The van der Waals surface area contributed by atoms with Gasteiger partial charge in [0.15, 0.2) is 21.3 Å². The maximum Gasteiger partial charge on any atom is 0.344 e. The summed E-state index contributed by atoms with van der Waals surface area (Å²) in [6, 6.07) is 6.89. The van der Waals surface area contributed by atoms with Crippen molar-refractivity contribution in [3.63, 3.8) is 0 Å². The highest BCUT2D eigenvalue weighted by Crippen LogP contribution is 2.56. The van der Waals surface area contributed by atoms with E-state index in [0.717, 1.165) is 4.90 Å². The number of amides is 2. The number of benzene rings is 1. The number of hydrogen-bond donors (Lipinski definition) is 0. The molecule has 10 heteroatoms. The van der Waals surface area contributed by atoms with Crippen LogP contribution in [-0.4, -0.2) is 67.2 Å². The van der Waals surface area contributed by atoms with Crippen molar-refractivity contribution < 1.29 is 27.5 Å². The summed E-state index contributed by atoms with van der Waals surface area (Å²) in [7, 11) is -1.60. The van der Waals surface area contributed by atoms with Crippen molar-refractivity contribution in [3.8, 4) is 0 Å². The predicted molar refractivity (Wildman–Crippen MR) is 103 cm³/mol. The Morgan fingerprint density at radius 3 is 2.82 bits per heavy atom. The number of esters is 1. The topological polar surface area (TPSA) is 101 Å². The van der Waals surface area contributed by atoms with Crippen LogP contribution in [0.15, 0.2) is 29.2 Å². The van der Waals surface area contributed by atoms with Gasteiger partial charge in [-0.25, -0.2) is 13.2 Å². The van der Waals surface area contributed by atoms with Gasteiger partial charge in [-0.2, -0.15) is 0 Å². The van der Waals surface area contributed by atoms with Gasteiger partial charge in [0.2, 0.25) is 5.91 Å². The number of ether oxygens (including phenoxy) is 1. The Bertz CT molecular complexity index is 963. The number of thioether (sulfide) groups is 1. The van der Waals surface area contributed by atoms with Crippen LogP contribution in [0.3, 0.4) is 0 Å². The van der Waals surface area contributed by atoms with Crippen molar-refractivity contribution >= 4 is 45.1 Å². The molecule has 28 heavy (non-hydrogen) atoms. The Hall–Kier alpha value is -2.07. The molecule has 4 rings (SSSR count). The number of nitrogens with zero attached hydrogens (tertiary/aromatic N) is 2. The molecule has 0 aromatic heterocycles. The van der Waals surface area contributed by atoms with Crippen molar-refractivity contribution in [2.75, 3.05) is 30.1 Å². The molecule has 150 valence electrons. The van der Waals surface area contributed by atoms with Crippen molar-refractivity contribution in [1.29, 1.82) is 0 Å². The summed E-state index contributed by atoms with van der Waals surface area (Å²) in [6.07, 6.45) is 0.940. The lowest BCUT2D eigenvalue weighted by Gasteiger charge is -2.29. The van der Waals surface area contributed by atoms with Gasteiger partial charge in [-0.15, -0.1) is 0 Å². The zero-order chi connectivity index (χ0) is 20.1. The zero-order valence-corrected chi connectivity index (χ0v) is 16.9. The molecule has 8 nitrogen and oxygen atoms in total. The second-order valence-corrected chi connectivity index (χ2v) is 10.8. The van der Waals surface area contributed by atoms with Crippen molar-refractivity contribution in [3.05, 3.63) is 24.3 Å². The van der Waals surface area contributed by atoms with Crippen molar-refractivity contribution in [1.82, 2.24) is 4.90 Å². The third-order valence-electron chi connectivity index (χ3n) is 5.47. The molecule has 0 unspecified atom stereocenters. The van der Waals surface area contributed by atoms with E-state index in [1.807, 2.05) is 12.1 Å². The smallest absolute Gasteiger partial charge is 0.344 e. The third kappa shape index (κ3) is 3.08. The number of para-hydroxylation sites is 1. The molecule has 0 N–H and O–H groups in total. The number of anilines is 1. The van der Waals surface area contributed by atoms with E-state index < -0.39 is 39.2 Å². The SMILES string of the molecule is CN(C(=O)COC(=O)[C@@]12CCC(=O)N1c1ccccc1S2)[C@H]1CCS(=O)(=O)C1. The largest absolute Gasteiger partial charge is 0.453 e. The van der Waals surface area contributed by atoms with Gasteiger partial charge in [0.1, 0.15) is 0 Å². The number of carbonyl (C=O) groups is 3. The van der Waals surface area contributed by atoms with Crippen LogP contribution in [0.2, 0.25) is 0 Å². The summed E-state index contributed by atoms with van der Waals surface area (Å²) in [5.74, 6) is -1.23. The van der Waals surface area contributed by atoms with Gasteiger partial charge < -0.3 is 9.64 Å². The molecule has 3 heterocycles. The lowest BCUT2D eigenvalue weighted by atomic mass is 10.2. The van der Waals surface area contributed by atoms with Gasteiger partial charge in [0.25, 0.3) is 5.91 Å². The zero-order valence-electron chi connectivity index (χ0n) is 15.3. The van der Waals surface area contributed by atoms with Crippen LogP contribution >= 0.6 is 11.8 Å². The van der Waals surface area contributed by atoms with Crippen LogP contribution in [0.4, 0.5) is 5.69 Å². The van der Waals surface area contributed by atoms with E-state index >= 15 is 0 Å². The third-order valence-corrected chi connectivity index (χ3v) is 8.68. The van der Waals surface area contributed by atoms with Crippen molar-refractivity contribution in [2.24, 2.45) is 0 Å². The molecule has 0 bridgehead atoms. The van der Waals surface area contributed by atoms with E-state index in [0.29, 0.717) is 18.5 Å². The monoisotopic (exact) mass is 424 g/mol. The molecule has 0 saturated carbocycles. The van der Waals surface area contributed by atoms with Gasteiger partial charge in [0.05, 0.1) is 17.2 Å². The van der Waals surface area contributed by atoms with Crippen molar-refractivity contribution in [2.45, 2.75) is 35.1 Å². The number of rotatable bonds is 4. The Kier molecular flexibility index (Phi) is 4.65. The quantitative estimate of drug-likeness (QED) is 0.659. The normalized spacial score (nSPS) is 27.4. The van der Waals surface area contributed by atoms with Crippen LogP contribution in [0.5, 0.6) is 0 Å². The van der Waals surface area contributed by atoms with Gasteiger partial charge >= 0.3 is 5.97 Å². The fourth-order valence-electron chi connectivity index (χ4n) is 3.90. The van der Waals surface area contributed by atoms with Gasteiger partial charge in [-0.05, 0) is 18.6 Å². The summed E-state index contributed by atoms with van der Waals surface area (Å²) in [5, 5.41) is 0. The van der Waals surface area contributed by atoms with Crippen LogP contribution in [0, 0.1) is 0 Å². The molecule has 0 radical (unpaired) electrons. The molecule has 0 spiro atoms. The molecule has 2 saturated heterocycles.